The summed E-state index contributed by atoms with van der Waals surface area (Å²) in [7, 11) is -2.95. The van der Waals surface area contributed by atoms with Gasteiger partial charge in [0.05, 0.1) is 29.5 Å². The van der Waals surface area contributed by atoms with Gasteiger partial charge in [-0.15, -0.1) is 0 Å². The van der Waals surface area contributed by atoms with E-state index in [1.165, 1.54) is 12.8 Å². The van der Waals surface area contributed by atoms with E-state index in [1.54, 1.807) is 6.21 Å². The highest BCUT2D eigenvalue weighted by Crippen LogP contribution is 2.29. The second-order valence-corrected chi connectivity index (χ2v) is 10.9. The summed E-state index contributed by atoms with van der Waals surface area (Å²) < 4.78 is 25.4. The normalized spacial score (nSPS) is 29.9. The third-order valence-electron chi connectivity index (χ3n) is 6.32. The van der Waals surface area contributed by atoms with E-state index in [-0.39, 0.29) is 17.5 Å². The van der Waals surface area contributed by atoms with Gasteiger partial charge < -0.3 is 5.32 Å². The fourth-order valence-electron chi connectivity index (χ4n) is 4.33. The van der Waals surface area contributed by atoms with Crippen molar-refractivity contribution < 1.29 is 8.42 Å². The Balaban J connectivity index is 1.61. The number of hydrogen-bond acceptors (Lipinski definition) is 5. The molecule has 1 aliphatic heterocycles. The second kappa shape index (κ2) is 8.49. The first-order valence-electron chi connectivity index (χ1n) is 10.0. The van der Waals surface area contributed by atoms with Crippen LogP contribution in [0.4, 0.5) is 0 Å². The monoisotopic (exact) mass is 425 g/mol. The molecular formula is C19H31N5O2S2. The molecule has 2 aliphatic rings. The van der Waals surface area contributed by atoms with E-state index in [0.717, 1.165) is 23.4 Å². The predicted molar refractivity (Wildman–Crippen MR) is 116 cm³/mol. The molecule has 9 heteroatoms. The maximum absolute atomic E-state index is 11.8. The average Bonchev–Trinajstić information content (AvgIpc) is 3.12. The van der Waals surface area contributed by atoms with Crippen molar-refractivity contribution in [2.75, 3.05) is 11.5 Å². The lowest BCUT2D eigenvalue weighted by Crippen LogP contribution is -2.46. The number of thiocarbonyl (C=S) groups is 1. The van der Waals surface area contributed by atoms with Crippen molar-refractivity contribution in [2.45, 2.75) is 65.5 Å². The Labute approximate surface area is 173 Å². The van der Waals surface area contributed by atoms with Gasteiger partial charge in [0.2, 0.25) is 0 Å². The van der Waals surface area contributed by atoms with Gasteiger partial charge in [-0.25, -0.2) is 8.42 Å². The molecule has 3 rings (SSSR count). The minimum Gasteiger partial charge on any atom is -0.358 e. The topological polar surface area (TPSA) is 88.4 Å². The molecule has 2 heterocycles. The second-order valence-electron chi connectivity index (χ2n) is 8.30. The summed E-state index contributed by atoms with van der Waals surface area (Å²) in [5, 5.41) is 12.8. The number of hydrogen-bond donors (Lipinski definition) is 2. The first-order chi connectivity index (χ1) is 13.2. The lowest BCUT2D eigenvalue weighted by Gasteiger charge is -2.35. The molecule has 28 heavy (non-hydrogen) atoms. The Morgan fingerprint density at radius 3 is 2.71 bits per heavy atom. The molecule has 4 atom stereocenters. The van der Waals surface area contributed by atoms with Gasteiger partial charge in [-0.3, -0.25) is 10.1 Å². The summed E-state index contributed by atoms with van der Waals surface area (Å²) in [6.07, 6.45) is 5.97. The van der Waals surface area contributed by atoms with Crippen molar-refractivity contribution in [2.24, 2.45) is 16.9 Å². The van der Waals surface area contributed by atoms with Gasteiger partial charge >= 0.3 is 0 Å². The van der Waals surface area contributed by atoms with Crippen LogP contribution in [0.25, 0.3) is 0 Å². The fourth-order valence-corrected chi connectivity index (χ4v) is 6.22. The maximum Gasteiger partial charge on any atom is 0.187 e. The van der Waals surface area contributed by atoms with Gasteiger partial charge in [0.1, 0.15) is 0 Å². The van der Waals surface area contributed by atoms with E-state index in [4.69, 9.17) is 12.2 Å². The van der Waals surface area contributed by atoms with Crippen LogP contribution in [0, 0.1) is 25.7 Å². The molecule has 1 aliphatic carbocycles. The highest BCUT2D eigenvalue weighted by Gasteiger charge is 2.31. The van der Waals surface area contributed by atoms with Crippen molar-refractivity contribution in [3.63, 3.8) is 0 Å². The summed E-state index contributed by atoms with van der Waals surface area (Å²) in [4.78, 5) is 0. The van der Waals surface area contributed by atoms with Crippen LogP contribution in [-0.2, 0) is 9.84 Å². The zero-order valence-corrected chi connectivity index (χ0v) is 18.7. The number of aryl methyl sites for hydroxylation is 1. The Morgan fingerprint density at radius 2 is 2.04 bits per heavy atom. The zero-order chi connectivity index (χ0) is 20.5. The van der Waals surface area contributed by atoms with E-state index in [9.17, 15) is 8.42 Å². The summed E-state index contributed by atoms with van der Waals surface area (Å²) in [5.41, 5.74) is 5.58. The smallest absolute Gasteiger partial charge is 0.187 e. The summed E-state index contributed by atoms with van der Waals surface area (Å²) in [5.74, 6) is 1.69. The van der Waals surface area contributed by atoms with Crippen molar-refractivity contribution in [3.8, 4) is 0 Å². The zero-order valence-electron chi connectivity index (χ0n) is 17.1. The van der Waals surface area contributed by atoms with Crippen LogP contribution in [0.1, 0.15) is 62.5 Å². The van der Waals surface area contributed by atoms with Crippen LogP contribution >= 0.6 is 12.2 Å². The quantitative estimate of drug-likeness (QED) is 0.438. The Hall–Kier alpha value is -1.48. The van der Waals surface area contributed by atoms with Crippen LogP contribution in [0.3, 0.4) is 0 Å². The first-order valence-corrected chi connectivity index (χ1v) is 12.3. The van der Waals surface area contributed by atoms with Crippen LogP contribution < -0.4 is 10.7 Å². The highest BCUT2D eigenvalue weighted by molar-refractivity contribution is 7.91. The standard InChI is InChI=1S/C19H31N5O2S2/c1-12-6-5-7-18(13(12)2)21-19(27)22-20-10-17-14(3)23-24(15(17)4)16-8-9-28(25,26)11-16/h10,12-13,16,18H,5-9,11H2,1-4H3,(H2,21,22,27)/b20-10-/t12-,13-,16+,18+/m0/s1. The molecule has 0 bridgehead atoms. The third kappa shape index (κ3) is 4.74. The SMILES string of the molecule is Cc1nn([C@@H]2CCS(=O)(=O)C2)c(C)c1/C=N\NC(=S)N[C@@H]1CCC[C@H](C)[C@@H]1C. The molecule has 0 radical (unpaired) electrons. The Morgan fingerprint density at radius 1 is 1.29 bits per heavy atom. The molecule has 0 spiro atoms. The van der Waals surface area contributed by atoms with Crippen LogP contribution in [0.2, 0.25) is 0 Å². The highest BCUT2D eigenvalue weighted by atomic mass is 32.2. The van der Waals surface area contributed by atoms with Crippen LogP contribution in [0.5, 0.6) is 0 Å². The van der Waals surface area contributed by atoms with Crippen molar-refractivity contribution in [1.29, 1.82) is 0 Å². The number of rotatable bonds is 4. The van der Waals surface area contributed by atoms with Gasteiger partial charge in [-0.05, 0) is 50.7 Å². The fraction of sp³-hybridized carbons (Fsp3) is 0.737. The van der Waals surface area contributed by atoms with Crippen LogP contribution in [0.15, 0.2) is 5.10 Å². The minimum absolute atomic E-state index is 0.0867. The molecule has 156 valence electrons. The van der Waals surface area contributed by atoms with Crippen molar-refractivity contribution in [1.82, 2.24) is 20.5 Å². The summed E-state index contributed by atoms with van der Waals surface area (Å²) >= 11 is 5.40. The molecule has 0 aromatic carbocycles. The molecule has 0 amide bonds. The molecule has 1 saturated carbocycles. The lowest BCUT2D eigenvalue weighted by molar-refractivity contribution is 0.224. The number of nitrogens with one attached hydrogen (secondary N) is 2. The average molecular weight is 426 g/mol. The summed E-state index contributed by atoms with van der Waals surface area (Å²) in [6, 6.07) is 0.297. The molecule has 2 N–H and O–H groups in total. The molecule has 1 saturated heterocycles. The van der Waals surface area contributed by atoms with E-state index < -0.39 is 9.84 Å². The molecule has 1 aromatic rings. The summed E-state index contributed by atoms with van der Waals surface area (Å²) in [6.45, 7) is 8.44. The van der Waals surface area contributed by atoms with Crippen molar-refractivity contribution in [3.05, 3.63) is 17.0 Å². The Bertz CT molecular complexity index is 862. The molecule has 1 aromatic heterocycles. The van der Waals surface area contributed by atoms with E-state index >= 15 is 0 Å². The van der Waals surface area contributed by atoms with E-state index in [1.807, 2.05) is 18.5 Å². The number of hydrazone groups is 1. The largest absolute Gasteiger partial charge is 0.358 e. The predicted octanol–water partition coefficient (Wildman–Crippen LogP) is 2.48. The van der Waals surface area contributed by atoms with Gasteiger partial charge in [0.15, 0.2) is 14.9 Å². The van der Waals surface area contributed by atoms with E-state index in [2.05, 4.69) is 34.8 Å². The number of sulfone groups is 1. The maximum atomic E-state index is 11.8. The first kappa shape index (κ1) is 21.2. The number of aromatic nitrogens is 2. The van der Waals surface area contributed by atoms with E-state index in [0.29, 0.717) is 29.4 Å². The molecule has 7 nitrogen and oxygen atoms in total. The minimum atomic E-state index is -2.95. The van der Waals surface area contributed by atoms with Gasteiger partial charge in [0.25, 0.3) is 0 Å². The molecular weight excluding hydrogens is 394 g/mol. The lowest BCUT2D eigenvalue weighted by atomic mass is 9.78. The number of nitrogens with zero attached hydrogens (tertiary/aromatic N) is 3. The van der Waals surface area contributed by atoms with Crippen LogP contribution in [-0.4, -0.2) is 47.1 Å². The molecule has 2 fully saturated rings. The van der Waals surface area contributed by atoms with Gasteiger partial charge in [-0.1, -0.05) is 26.7 Å². The van der Waals surface area contributed by atoms with Gasteiger partial charge in [-0.2, -0.15) is 10.2 Å². The third-order valence-corrected chi connectivity index (χ3v) is 8.28. The Kier molecular flexibility index (Phi) is 6.44. The van der Waals surface area contributed by atoms with Crippen molar-refractivity contribution >= 4 is 33.4 Å². The van der Waals surface area contributed by atoms with Gasteiger partial charge in [0, 0.05) is 17.3 Å². The molecule has 0 unspecified atom stereocenters.